The molecule has 0 aromatic carbocycles. The summed E-state index contributed by atoms with van der Waals surface area (Å²) in [6, 6.07) is 0. The Bertz CT molecular complexity index is 498. The minimum atomic E-state index is 0. The van der Waals surface area contributed by atoms with Gasteiger partial charge in [-0.2, -0.15) is 0 Å². The zero-order valence-corrected chi connectivity index (χ0v) is 25.6. The predicted molar refractivity (Wildman–Crippen MR) is 141 cm³/mol. The van der Waals surface area contributed by atoms with Gasteiger partial charge in [0.15, 0.2) is 0 Å². The molecule has 0 spiro atoms. The third-order valence-corrected chi connectivity index (χ3v) is 8.94. The fraction of sp³-hybridized carbons (Fsp3) is 0.733. The van der Waals surface area contributed by atoms with E-state index in [1.165, 1.54) is 38.5 Å². The molecule has 1 heteroatoms. The van der Waals surface area contributed by atoms with Gasteiger partial charge in [-0.25, -0.2) is 0 Å². The number of rotatable bonds is 2. The zero-order chi connectivity index (χ0) is 19.0. The van der Waals surface area contributed by atoms with Crippen molar-refractivity contribution in [1.82, 2.24) is 0 Å². The number of hydrogen-bond acceptors (Lipinski definition) is 0. The molecule has 0 aromatic rings. The van der Waals surface area contributed by atoms with Crippen molar-refractivity contribution in [3.05, 3.63) is 53.0 Å². The van der Waals surface area contributed by atoms with Gasteiger partial charge < -0.3 is 29.7 Å². The van der Waals surface area contributed by atoms with Crippen LogP contribution in [0.25, 0.3) is 0 Å². The molecule has 0 nitrogen and oxygen atoms in total. The van der Waals surface area contributed by atoms with E-state index in [0.717, 1.165) is 53.3 Å². The van der Waals surface area contributed by atoms with Gasteiger partial charge in [0.1, 0.15) is 0 Å². The number of hydrogen-bond donors (Lipinski definition) is 0. The molecular formula is C30H56Zr. The normalized spacial score (nSPS) is 37.0. The fourth-order valence-electron chi connectivity index (χ4n) is 6.53. The van der Waals surface area contributed by atoms with Gasteiger partial charge in [0, 0.05) is 0 Å². The molecule has 0 heterocycles. The van der Waals surface area contributed by atoms with Gasteiger partial charge in [-0.05, 0) is 103 Å². The summed E-state index contributed by atoms with van der Waals surface area (Å²) in [6.45, 7) is 16.7. The summed E-state index contributed by atoms with van der Waals surface area (Å²) in [5, 5.41) is 0. The monoisotopic (exact) mass is 506 g/mol. The Morgan fingerprint density at radius 2 is 1.13 bits per heavy atom. The Kier molecular flexibility index (Phi) is 17.7. The van der Waals surface area contributed by atoms with Gasteiger partial charge in [-0.3, -0.25) is 0 Å². The van der Waals surface area contributed by atoms with Crippen LogP contribution in [0.4, 0.5) is 0 Å². The summed E-state index contributed by atoms with van der Waals surface area (Å²) in [5.41, 5.74) is 3.43. The number of fused-ring (bicyclic) bond motifs is 2. The molecule has 3 unspecified atom stereocenters. The second kappa shape index (κ2) is 15.3. The van der Waals surface area contributed by atoms with Crippen LogP contribution >= 0.6 is 0 Å². The van der Waals surface area contributed by atoms with Gasteiger partial charge >= 0.3 is 26.2 Å². The molecule has 0 bridgehead atoms. The largest absolute Gasteiger partial charge is 4.00 e. The summed E-state index contributed by atoms with van der Waals surface area (Å²) in [5.74, 6) is 8.34. The molecule has 0 aliphatic heterocycles. The van der Waals surface area contributed by atoms with E-state index in [2.05, 4.69) is 60.6 Å². The molecule has 0 amide bonds. The van der Waals surface area contributed by atoms with Crippen molar-refractivity contribution in [2.75, 3.05) is 0 Å². The predicted octanol–water partition coefficient (Wildman–Crippen LogP) is 9.70. The van der Waals surface area contributed by atoms with Crippen LogP contribution in [0, 0.1) is 83.0 Å². The van der Waals surface area contributed by atoms with Crippen molar-refractivity contribution in [2.45, 2.75) is 87.0 Å². The Hall–Kier alpha value is 0.363. The summed E-state index contributed by atoms with van der Waals surface area (Å²) in [6.07, 6.45) is 13.8. The summed E-state index contributed by atoms with van der Waals surface area (Å²) < 4.78 is 0. The van der Waals surface area contributed by atoms with Crippen LogP contribution in [-0.4, -0.2) is 0 Å². The molecule has 3 fully saturated rings. The molecule has 3 saturated carbocycles. The fourth-order valence-corrected chi connectivity index (χ4v) is 6.53. The van der Waals surface area contributed by atoms with Crippen LogP contribution in [0.2, 0.25) is 0 Å². The second-order valence-corrected chi connectivity index (χ2v) is 10.7. The Morgan fingerprint density at radius 3 is 1.55 bits per heavy atom. The maximum Gasteiger partial charge on any atom is 4.00 e. The first-order chi connectivity index (χ1) is 12.3. The van der Waals surface area contributed by atoms with Gasteiger partial charge in [-0.15, -0.1) is 0 Å². The van der Waals surface area contributed by atoms with E-state index in [1.807, 2.05) is 0 Å². The van der Waals surface area contributed by atoms with E-state index in [-0.39, 0.29) is 55.9 Å². The smallest absolute Gasteiger partial charge is 0.358 e. The molecule has 0 radical (unpaired) electrons. The molecule has 0 N–H and O–H groups in total. The quantitative estimate of drug-likeness (QED) is 0.326. The first-order valence-electron chi connectivity index (χ1n) is 11.7. The Balaban J connectivity index is -0.000000469. The molecule has 31 heavy (non-hydrogen) atoms. The molecule has 0 aromatic heterocycles. The van der Waals surface area contributed by atoms with Gasteiger partial charge in [-0.1, -0.05) is 60.6 Å². The van der Waals surface area contributed by atoms with Crippen molar-refractivity contribution in [3.8, 4) is 0 Å². The molecule has 4 aliphatic carbocycles. The van der Waals surface area contributed by atoms with Crippen LogP contribution < -0.4 is 0 Å². The third-order valence-electron chi connectivity index (χ3n) is 8.94. The molecule has 4 aliphatic rings. The van der Waals surface area contributed by atoms with Crippen LogP contribution in [0.1, 0.15) is 87.0 Å². The standard InChI is InChI=1S/C16H24.C10H20.4CH3.Zr/c1-11(2)8-14-6-7-15-9-12-4-3-5-13(12)10-16(14)15;1-6-7(2)9(4)10(5)8(6)3;;;;;/h9-11,14-16H,3-8H2,1-2H3;6-10H,1-5H3;4*1H3;/q;;4*-1;+4. The molecular weight excluding hydrogens is 452 g/mol. The van der Waals surface area contributed by atoms with Gasteiger partial charge in [0.2, 0.25) is 0 Å². The van der Waals surface area contributed by atoms with Crippen LogP contribution in [0.5, 0.6) is 0 Å². The van der Waals surface area contributed by atoms with Gasteiger partial charge in [0.25, 0.3) is 0 Å². The summed E-state index contributed by atoms with van der Waals surface area (Å²) in [7, 11) is 0. The van der Waals surface area contributed by atoms with Crippen LogP contribution in [0.15, 0.2) is 23.3 Å². The maximum atomic E-state index is 2.67. The SMILES string of the molecule is CC(C)CC1CCC2C=C3CCCC3=CC21.CC1C(C)C(C)C(C)C1C.[CH3-].[CH3-].[CH3-].[CH3-].[Zr+4]. The topological polar surface area (TPSA) is 0 Å². The minimum Gasteiger partial charge on any atom is -0.358 e. The first-order valence-corrected chi connectivity index (χ1v) is 11.7. The number of allylic oxidation sites excluding steroid dienone is 4. The third kappa shape index (κ3) is 7.97. The Morgan fingerprint density at radius 1 is 0.710 bits per heavy atom. The molecule has 4 rings (SSSR count). The van der Waals surface area contributed by atoms with Crippen LogP contribution in [-0.2, 0) is 26.2 Å². The molecule has 180 valence electrons. The first kappa shape index (κ1) is 35.9. The van der Waals surface area contributed by atoms with Crippen molar-refractivity contribution < 1.29 is 26.2 Å². The zero-order valence-electron chi connectivity index (χ0n) is 23.1. The summed E-state index contributed by atoms with van der Waals surface area (Å²) in [4.78, 5) is 0. The van der Waals surface area contributed by atoms with Crippen molar-refractivity contribution in [1.29, 1.82) is 0 Å². The average molecular weight is 508 g/mol. The van der Waals surface area contributed by atoms with E-state index in [4.69, 9.17) is 0 Å². The average Bonchev–Trinajstić information content (AvgIpc) is 3.26. The maximum absolute atomic E-state index is 2.67. The van der Waals surface area contributed by atoms with Gasteiger partial charge in [0.05, 0.1) is 0 Å². The Labute approximate surface area is 218 Å². The van der Waals surface area contributed by atoms with Crippen molar-refractivity contribution in [3.63, 3.8) is 0 Å². The molecule has 3 atom stereocenters. The van der Waals surface area contributed by atoms with Crippen molar-refractivity contribution in [2.24, 2.45) is 53.3 Å². The van der Waals surface area contributed by atoms with E-state index in [9.17, 15) is 0 Å². The van der Waals surface area contributed by atoms with E-state index in [0.29, 0.717) is 0 Å². The van der Waals surface area contributed by atoms with E-state index in [1.54, 1.807) is 11.1 Å². The van der Waals surface area contributed by atoms with E-state index >= 15 is 0 Å². The minimum absolute atomic E-state index is 0. The second-order valence-electron chi connectivity index (χ2n) is 10.7. The van der Waals surface area contributed by atoms with Crippen LogP contribution in [0.3, 0.4) is 0 Å². The van der Waals surface area contributed by atoms with E-state index < -0.39 is 0 Å². The van der Waals surface area contributed by atoms with Crippen molar-refractivity contribution >= 4 is 0 Å². The summed E-state index contributed by atoms with van der Waals surface area (Å²) >= 11 is 0. The molecule has 0 saturated heterocycles.